The minimum absolute atomic E-state index is 0.340. The number of imidazole rings is 1. The molecule has 0 unspecified atom stereocenters. The van der Waals surface area contributed by atoms with E-state index >= 15 is 0 Å². The largest absolute Gasteiger partial charge is 0.497 e. The zero-order valence-electron chi connectivity index (χ0n) is 13.9. The monoisotopic (exact) mass is 315 g/mol. The number of hydrogen-bond donors (Lipinski definition) is 1. The molecule has 1 saturated heterocycles. The summed E-state index contributed by atoms with van der Waals surface area (Å²) in [4.78, 5) is 10.0. The lowest BCUT2D eigenvalue weighted by atomic mass is 10.1. The van der Waals surface area contributed by atoms with Crippen LogP contribution in [0, 0.1) is 6.92 Å². The fourth-order valence-electron chi connectivity index (χ4n) is 3.01. The minimum Gasteiger partial charge on any atom is -0.497 e. The highest BCUT2D eigenvalue weighted by molar-refractivity contribution is 5.27. The number of aromatic nitrogens is 2. The summed E-state index contributed by atoms with van der Waals surface area (Å²) in [5, 5.41) is 0. The Bertz CT molecular complexity index is 603. The number of nitrogens with one attached hydrogen (secondary N) is 1. The summed E-state index contributed by atoms with van der Waals surface area (Å²) in [6.07, 6.45) is 4.43. The first kappa shape index (κ1) is 16.0. The zero-order chi connectivity index (χ0) is 16.1. The molecule has 1 aromatic heterocycles. The molecule has 0 radical (unpaired) electrons. The second-order valence-electron chi connectivity index (χ2n) is 6.13. The Balaban J connectivity index is 1.69. The van der Waals surface area contributed by atoms with E-state index in [2.05, 4.69) is 33.9 Å². The van der Waals surface area contributed by atoms with Crippen molar-refractivity contribution in [3.8, 4) is 5.75 Å². The molecule has 1 aromatic carbocycles. The Morgan fingerprint density at radius 3 is 2.74 bits per heavy atom. The summed E-state index contributed by atoms with van der Waals surface area (Å²) in [7, 11) is 1.69. The number of H-pyrrole nitrogens is 1. The number of methoxy groups -OCH3 is 1. The summed E-state index contributed by atoms with van der Waals surface area (Å²) < 4.78 is 11.1. The number of aromatic amines is 1. The van der Waals surface area contributed by atoms with Crippen molar-refractivity contribution < 1.29 is 9.47 Å². The third-order valence-corrected chi connectivity index (χ3v) is 4.36. The Morgan fingerprint density at radius 2 is 2.13 bits per heavy atom. The summed E-state index contributed by atoms with van der Waals surface area (Å²) in [5.74, 6) is 0.891. The molecule has 0 saturated carbocycles. The van der Waals surface area contributed by atoms with Gasteiger partial charge in [-0.25, -0.2) is 4.98 Å². The van der Waals surface area contributed by atoms with Crippen LogP contribution in [0.4, 0.5) is 0 Å². The van der Waals surface area contributed by atoms with Crippen molar-refractivity contribution in [3.05, 3.63) is 47.5 Å². The second-order valence-corrected chi connectivity index (χ2v) is 6.13. The maximum atomic E-state index is 5.82. The van der Waals surface area contributed by atoms with Crippen molar-refractivity contribution in [2.75, 3.05) is 20.3 Å². The van der Waals surface area contributed by atoms with Crippen molar-refractivity contribution in [1.29, 1.82) is 0 Å². The Morgan fingerprint density at radius 1 is 1.30 bits per heavy atom. The molecule has 1 fully saturated rings. The minimum atomic E-state index is 0.340. The van der Waals surface area contributed by atoms with Gasteiger partial charge in [0.2, 0.25) is 0 Å². The van der Waals surface area contributed by atoms with Crippen molar-refractivity contribution in [2.45, 2.75) is 39.0 Å². The average molecular weight is 315 g/mol. The lowest BCUT2D eigenvalue weighted by Gasteiger charge is -2.25. The van der Waals surface area contributed by atoms with Crippen LogP contribution in [0.25, 0.3) is 0 Å². The number of nitrogens with zero attached hydrogens (tertiary/aromatic N) is 2. The van der Waals surface area contributed by atoms with Crippen LogP contribution < -0.4 is 4.74 Å². The molecule has 2 heterocycles. The summed E-state index contributed by atoms with van der Waals surface area (Å²) >= 11 is 0. The first-order chi connectivity index (χ1) is 11.2. The molecule has 3 rings (SSSR count). The van der Waals surface area contributed by atoms with Crippen LogP contribution in [0.15, 0.2) is 30.6 Å². The van der Waals surface area contributed by atoms with Gasteiger partial charge in [-0.1, -0.05) is 12.1 Å². The molecular weight excluding hydrogens is 290 g/mol. The third kappa shape index (κ3) is 4.33. The Hall–Kier alpha value is -1.85. The molecule has 1 N–H and O–H groups in total. The van der Waals surface area contributed by atoms with Gasteiger partial charge in [0.05, 0.1) is 25.2 Å². The lowest BCUT2D eigenvalue weighted by Crippen LogP contribution is -2.31. The van der Waals surface area contributed by atoms with Gasteiger partial charge in [-0.15, -0.1) is 0 Å². The van der Waals surface area contributed by atoms with Gasteiger partial charge >= 0.3 is 0 Å². The Kier molecular flexibility index (Phi) is 5.31. The van der Waals surface area contributed by atoms with E-state index < -0.39 is 0 Å². The second kappa shape index (κ2) is 7.62. The van der Waals surface area contributed by atoms with E-state index in [0.717, 1.165) is 49.8 Å². The van der Waals surface area contributed by atoms with E-state index in [4.69, 9.17) is 9.47 Å². The molecule has 1 atom stereocenters. The van der Waals surface area contributed by atoms with Crippen LogP contribution in [-0.2, 0) is 17.8 Å². The lowest BCUT2D eigenvalue weighted by molar-refractivity contribution is 0.0674. The average Bonchev–Trinajstić information content (AvgIpc) is 3.21. The van der Waals surface area contributed by atoms with Gasteiger partial charge in [0, 0.05) is 31.9 Å². The van der Waals surface area contributed by atoms with E-state index in [9.17, 15) is 0 Å². The Labute approximate surface area is 137 Å². The van der Waals surface area contributed by atoms with Crippen LogP contribution in [0.1, 0.15) is 29.8 Å². The van der Waals surface area contributed by atoms with E-state index in [1.54, 1.807) is 13.4 Å². The van der Waals surface area contributed by atoms with E-state index in [-0.39, 0.29) is 0 Å². The van der Waals surface area contributed by atoms with Gasteiger partial charge in [0.25, 0.3) is 0 Å². The highest BCUT2D eigenvalue weighted by Crippen LogP contribution is 2.19. The number of hydrogen-bond acceptors (Lipinski definition) is 4. The number of rotatable bonds is 7. The number of benzene rings is 1. The van der Waals surface area contributed by atoms with Crippen LogP contribution in [0.3, 0.4) is 0 Å². The van der Waals surface area contributed by atoms with Gasteiger partial charge in [-0.2, -0.15) is 0 Å². The first-order valence-electron chi connectivity index (χ1n) is 8.20. The normalized spacial score (nSPS) is 17.8. The van der Waals surface area contributed by atoms with Crippen LogP contribution >= 0.6 is 0 Å². The first-order valence-corrected chi connectivity index (χ1v) is 8.20. The molecule has 5 heteroatoms. The molecule has 5 nitrogen and oxygen atoms in total. The molecule has 0 bridgehead atoms. The predicted octanol–water partition coefficient (Wildman–Crippen LogP) is 2.91. The van der Waals surface area contributed by atoms with E-state index in [1.807, 2.05) is 12.1 Å². The predicted molar refractivity (Wildman–Crippen MR) is 89.4 cm³/mol. The van der Waals surface area contributed by atoms with Crippen molar-refractivity contribution >= 4 is 0 Å². The van der Waals surface area contributed by atoms with Crippen LogP contribution in [0.2, 0.25) is 0 Å². The molecular formula is C18H25N3O2. The molecule has 1 aliphatic rings. The molecule has 124 valence electrons. The maximum Gasteiger partial charge on any atom is 0.118 e. The van der Waals surface area contributed by atoms with Gasteiger partial charge in [0.15, 0.2) is 0 Å². The molecule has 0 aliphatic carbocycles. The quantitative estimate of drug-likeness (QED) is 0.853. The summed E-state index contributed by atoms with van der Waals surface area (Å²) in [6.45, 7) is 5.62. The topological polar surface area (TPSA) is 50.4 Å². The van der Waals surface area contributed by atoms with E-state index in [0.29, 0.717) is 6.10 Å². The highest BCUT2D eigenvalue weighted by atomic mass is 16.5. The smallest absolute Gasteiger partial charge is 0.118 e. The maximum absolute atomic E-state index is 5.82. The molecule has 2 aromatic rings. The van der Waals surface area contributed by atoms with Crippen LogP contribution in [0.5, 0.6) is 5.75 Å². The van der Waals surface area contributed by atoms with Crippen molar-refractivity contribution in [2.24, 2.45) is 0 Å². The fraction of sp³-hybridized carbons (Fsp3) is 0.500. The van der Waals surface area contributed by atoms with Gasteiger partial charge in [-0.05, 0) is 37.5 Å². The van der Waals surface area contributed by atoms with Gasteiger partial charge in [-0.3, -0.25) is 4.90 Å². The van der Waals surface area contributed by atoms with Crippen LogP contribution in [-0.4, -0.2) is 41.2 Å². The molecule has 0 spiro atoms. The zero-order valence-corrected chi connectivity index (χ0v) is 13.9. The van der Waals surface area contributed by atoms with Gasteiger partial charge < -0.3 is 14.5 Å². The van der Waals surface area contributed by atoms with Crippen molar-refractivity contribution in [1.82, 2.24) is 14.9 Å². The van der Waals surface area contributed by atoms with E-state index in [1.165, 1.54) is 12.0 Å². The number of ether oxygens (including phenoxy) is 2. The number of aryl methyl sites for hydroxylation is 1. The third-order valence-electron chi connectivity index (χ3n) is 4.36. The fourth-order valence-corrected chi connectivity index (χ4v) is 3.01. The molecule has 0 amide bonds. The highest BCUT2D eigenvalue weighted by Gasteiger charge is 2.20. The SMILES string of the molecule is COc1ccc(CN(Cc2nc[nH]c2C)C[C@@H]2CCCO2)cc1. The molecule has 23 heavy (non-hydrogen) atoms. The summed E-state index contributed by atoms with van der Waals surface area (Å²) in [5.41, 5.74) is 3.52. The summed E-state index contributed by atoms with van der Waals surface area (Å²) in [6, 6.07) is 8.27. The standard InChI is InChI=1S/C18H25N3O2/c1-14-18(20-13-19-14)12-21(11-17-4-3-9-23-17)10-15-5-7-16(22-2)8-6-15/h5-8,13,17H,3-4,9-12H2,1-2H3,(H,19,20)/t17-/m0/s1. The van der Waals surface area contributed by atoms with Crippen molar-refractivity contribution in [3.63, 3.8) is 0 Å². The molecule has 1 aliphatic heterocycles. The van der Waals surface area contributed by atoms with Gasteiger partial charge in [0.1, 0.15) is 5.75 Å².